The van der Waals surface area contributed by atoms with Crippen LogP contribution in [0.2, 0.25) is 0 Å². The number of nitrogens with one attached hydrogen (secondary N) is 1. The first-order chi connectivity index (χ1) is 10.2. The van der Waals surface area contributed by atoms with Crippen LogP contribution in [-0.4, -0.2) is 6.54 Å². The van der Waals surface area contributed by atoms with E-state index in [-0.39, 0.29) is 0 Å². The van der Waals surface area contributed by atoms with Crippen molar-refractivity contribution in [3.8, 4) is 0 Å². The Labute approximate surface area is 128 Å². The molecule has 0 aliphatic heterocycles. The smallest absolute Gasteiger partial charge is 0.105 e. The lowest BCUT2D eigenvalue weighted by Crippen LogP contribution is -2.28. The Morgan fingerprint density at radius 3 is 2.33 bits per heavy atom. The highest BCUT2D eigenvalue weighted by atomic mass is 16.3. The van der Waals surface area contributed by atoms with Crippen molar-refractivity contribution >= 4 is 0 Å². The van der Waals surface area contributed by atoms with Crippen LogP contribution in [0.25, 0.3) is 0 Å². The lowest BCUT2D eigenvalue weighted by atomic mass is 9.85. The standard InChI is InChI=1S/C19H27NO/c1-5-12-20-19(18-13-14(3)21-15(18)4)17(6-2)16-10-8-7-9-11-16/h7-11,13,17,19-20H,5-6,12H2,1-4H3. The molecule has 0 spiro atoms. The van der Waals surface area contributed by atoms with Gasteiger partial charge >= 0.3 is 0 Å². The zero-order chi connectivity index (χ0) is 15.2. The van der Waals surface area contributed by atoms with Crippen LogP contribution in [0.4, 0.5) is 0 Å². The van der Waals surface area contributed by atoms with Gasteiger partial charge in [0.05, 0.1) is 0 Å². The van der Waals surface area contributed by atoms with Gasteiger partial charge in [0.1, 0.15) is 11.5 Å². The van der Waals surface area contributed by atoms with Crippen LogP contribution < -0.4 is 5.32 Å². The van der Waals surface area contributed by atoms with Gasteiger partial charge in [-0.25, -0.2) is 0 Å². The van der Waals surface area contributed by atoms with Crippen LogP contribution in [0.5, 0.6) is 0 Å². The maximum atomic E-state index is 5.77. The molecule has 1 aromatic carbocycles. The summed E-state index contributed by atoms with van der Waals surface area (Å²) in [4.78, 5) is 0. The summed E-state index contributed by atoms with van der Waals surface area (Å²) < 4.78 is 5.77. The van der Waals surface area contributed by atoms with Gasteiger partial charge in [-0.05, 0) is 44.9 Å². The number of benzene rings is 1. The molecule has 0 aliphatic rings. The van der Waals surface area contributed by atoms with Crippen molar-refractivity contribution in [3.63, 3.8) is 0 Å². The van der Waals surface area contributed by atoms with E-state index in [4.69, 9.17) is 4.42 Å². The number of furan rings is 1. The molecule has 0 saturated carbocycles. The quantitative estimate of drug-likeness (QED) is 0.762. The summed E-state index contributed by atoms with van der Waals surface area (Å²) in [5.74, 6) is 2.50. The number of rotatable bonds is 7. The molecule has 0 aliphatic carbocycles. The predicted molar refractivity (Wildman–Crippen MR) is 88.7 cm³/mol. The van der Waals surface area contributed by atoms with Gasteiger partial charge in [0.25, 0.3) is 0 Å². The molecule has 21 heavy (non-hydrogen) atoms. The third-order valence-electron chi connectivity index (χ3n) is 4.10. The fourth-order valence-corrected chi connectivity index (χ4v) is 3.09. The predicted octanol–water partition coefficient (Wildman–Crippen LogP) is 5.13. The SMILES string of the molecule is CCCNC(c1cc(C)oc1C)C(CC)c1ccccc1. The summed E-state index contributed by atoms with van der Waals surface area (Å²) in [5, 5.41) is 3.73. The maximum absolute atomic E-state index is 5.77. The Balaban J connectivity index is 2.36. The average molecular weight is 285 g/mol. The van der Waals surface area contributed by atoms with E-state index in [1.807, 2.05) is 6.92 Å². The van der Waals surface area contributed by atoms with E-state index < -0.39 is 0 Å². The summed E-state index contributed by atoms with van der Waals surface area (Å²) in [6.07, 6.45) is 2.24. The molecule has 2 rings (SSSR count). The molecule has 1 N–H and O–H groups in total. The van der Waals surface area contributed by atoms with E-state index >= 15 is 0 Å². The van der Waals surface area contributed by atoms with E-state index in [1.54, 1.807) is 0 Å². The van der Waals surface area contributed by atoms with Gasteiger partial charge in [-0.2, -0.15) is 0 Å². The minimum atomic E-state index is 0.315. The molecule has 2 aromatic rings. The number of aryl methyl sites for hydroxylation is 2. The number of hydrogen-bond donors (Lipinski definition) is 1. The highest BCUT2D eigenvalue weighted by molar-refractivity contribution is 5.30. The van der Waals surface area contributed by atoms with Crippen molar-refractivity contribution in [1.29, 1.82) is 0 Å². The first kappa shape index (κ1) is 15.8. The van der Waals surface area contributed by atoms with E-state index in [9.17, 15) is 0 Å². The Morgan fingerprint density at radius 2 is 1.81 bits per heavy atom. The van der Waals surface area contributed by atoms with E-state index in [2.05, 4.69) is 62.5 Å². The normalized spacial score (nSPS) is 14.1. The first-order valence-electron chi connectivity index (χ1n) is 8.02. The summed E-state index contributed by atoms with van der Waals surface area (Å²) >= 11 is 0. The Bertz CT molecular complexity index is 544. The van der Waals surface area contributed by atoms with Crippen LogP contribution in [0.1, 0.15) is 61.3 Å². The van der Waals surface area contributed by atoms with Crippen molar-refractivity contribution in [1.82, 2.24) is 5.32 Å². The van der Waals surface area contributed by atoms with Crippen LogP contribution in [-0.2, 0) is 0 Å². The molecule has 0 fully saturated rings. The van der Waals surface area contributed by atoms with Gasteiger partial charge in [0, 0.05) is 17.5 Å². The second-order valence-electron chi connectivity index (χ2n) is 5.73. The Hall–Kier alpha value is -1.54. The molecule has 1 aromatic heterocycles. The highest BCUT2D eigenvalue weighted by Gasteiger charge is 2.25. The largest absolute Gasteiger partial charge is 0.466 e. The van der Waals surface area contributed by atoms with Crippen LogP contribution >= 0.6 is 0 Å². The average Bonchev–Trinajstić information content (AvgIpc) is 2.83. The van der Waals surface area contributed by atoms with E-state index in [0.717, 1.165) is 30.9 Å². The summed E-state index contributed by atoms with van der Waals surface area (Å²) in [5.41, 5.74) is 2.70. The molecule has 2 heteroatoms. The van der Waals surface area contributed by atoms with Crippen molar-refractivity contribution in [3.05, 3.63) is 59.0 Å². The minimum Gasteiger partial charge on any atom is -0.466 e. The van der Waals surface area contributed by atoms with Gasteiger partial charge in [0.2, 0.25) is 0 Å². The number of hydrogen-bond acceptors (Lipinski definition) is 2. The molecule has 2 atom stereocenters. The Kier molecular flexibility index (Phi) is 5.63. The molecular weight excluding hydrogens is 258 g/mol. The highest BCUT2D eigenvalue weighted by Crippen LogP contribution is 2.36. The van der Waals surface area contributed by atoms with Gasteiger partial charge < -0.3 is 9.73 Å². The topological polar surface area (TPSA) is 25.2 Å². The summed E-state index contributed by atoms with van der Waals surface area (Å²) in [7, 11) is 0. The summed E-state index contributed by atoms with van der Waals surface area (Å²) in [6.45, 7) is 9.59. The lowest BCUT2D eigenvalue weighted by Gasteiger charge is -2.28. The zero-order valence-electron chi connectivity index (χ0n) is 13.6. The van der Waals surface area contributed by atoms with Gasteiger partial charge in [-0.1, -0.05) is 44.2 Å². The van der Waals surface area contributed by atoms with Gasteiger partial charge in [-0.3, -0.25) is 0 Å². The fourth-order valence-electron chi connectivity index (χ4n) is 3.09. The van der Waals surface area contributed by atoms with Crippen molar-refractivity contribution in [2.24, 2.45) is 0 Å². The van der Waals surface area contributed by atoms with E-state index in [1.165, 1.54) is 11.1 Å². The fraction of sp³-hybridized carbons (Fsp3) is 0.474. The minimum absolute atomic E-state index is 0.315. The molecule has 0 radical (unpaired) electrons. The van der Waals surface area contributed by atoms with Gasteiger partial charge in [0.15, 0.2) is 0 Å². The van der Waals surface area contributed by atoms with Crippen molar-refractivity contribution < 1.29 is 4.42 Å². The first-order valence-corrected chi connectivity index (χ1v) is 8.02. The third kappa shape index (κ3) is 3.76. The Morgan fingerprint density at radius 1 is 1.10 bits per heavy atom. The van der Waals surface area contributed by atoms with Crippen molar-refractivity contribution in [2.75, 3.05) is 6.54 Å². The molecule has 1 heterocycles. The maximum Gasteiger partial charge on any atom is 0.105 e. The van der Waals surface area contributed by atoms with Crippen LogP contribution in [0.3, 0.4) is 0 Å². The molecule has 0 saturated heterocycles. The second kappa shape index (κ2) is 7.46. The van der Waals surface area contributed by atoms with E-state index in [0.29, 0.717) is 12.0 Å². The monoisotopic (exact) mass is 285 g/mol. The summed E-state index contributed by atoms with van der Waals surface area (Å²) in [6, 6.07) is 13.3. The third-order valence-corrected chi connectivity index (χ3v) is 4.10. The molecule has 2 nitrogen and oxygen atoms in total. The molecular formula is C19H27NO. The lowest BCUT2D eigenvalue weighted by molar-refractivity contribution is 0.423. The van der Waals surface area contributed by atoms with Gasteiger partial charge in [-0.15, -0.1) is 0 Å². The molecule has 2 unspecified atom stereocenters. The van der Waals surface area contributed by atoms with Crippen LogP contribution in [0, 0.1) is 13.8 Å². The molecule has 0 bridgehead atoms. The molecule has 0 amide bonds. The van der Waals surface area contributed by atoms with Crippen LogP contribution in [0.15, 0.2) is 40.8 Å². The second-order valence-corrected chi connectivity index (χ2v) is 5.73. The van der Waals surface area contributed by atoms with Crippen molar-refractivity contribution in [2.45, 2.75) is 52.5 Å². The zero-order valence-corrected chi connectivity index (χ0v) is 13.6. The molecule has 114 valence electrons.